The monoisotopic (exact) mass is 748 g/mol. The molecule has 1 spiro atoms. The molecule has 0 amide bonds. The fraction of sp³-hybridized carbons (Fsp3) is 0.0233. The zero-order chi connectivity index (χ0) is 39.5. The lowest BCUT2D eigenvalue weighted by molar-refractivity contribution is 0.0640. The predicted molar refractivity (Wildman–Crippen MR) is 194 cm³/mol. The minimum Gasteiger partial charge on any atom is -0.478 e. The van der Waals surface area contributed by atoms with Crippen LogP contribution in [0.4, 0.5) is 0 Å². The Labute approximate surface area is 315 Å². The molecular weight excluding hydrogens is 724 g/mol. The standard InChI is InChI=1S/C43H24O13/c44-37(45)25-9-5-11-27(35(25)39(48)49)41(52)54-21-15-17-31-33(19-21)56-34-20-22(55-42(53)28-12-6-10-26(38(46)47)36(28)40(50)51)16-18-32(34)43(31)29-13-3-1-7-23(29)24-8-2-4-14-30(24)43/h1-20H,(H,44,45)(H,46,47)(H,48,49)(H,50,51). The zero-order valence-corrected chi connectivity index (χ0v) is 28.5. The summed E-state index contributed by atoms with van der Waals surface area (Å²) >= 11 is 0. The van der Waals surface area contributed by atoms with Crippen molar-refractivity contribution < 1.29 is 63.4 Å². The molecule has 0 radical (unpaired) electrons. The van der Waals surface area contributed by atoms with Crippen LogP contribution in [0, 0.1) is 0 Å². The number of hydrogen-bond acceptors (Lipinski definition) is 9. The summed E-state index contributed by atoms with van der Waals surface area (Å²) in [5, 5.41) is 38.7. The summed E-state index contributed by atoms with van der Waals surface area (Å²) in [5.41, 5.74) is 0.266. The molecule has 56 heavy (non-hydrogen) atoms. The highest BCUT2D eigenvalue weighted by Crippen LogP contribution is 2.62. The van der Waals surface area contributed by atoms with Crippen LogP contribution >= 0.6 is 0 Å². The quantitative estimate of drug-likeness (QED) is 0.0883. The Bertz CT molecular complexity index is 2560. The van der Waals surface area contributed by atoms with Crippen molar-refractivity contribution in [3.8, 4) is 34.1 Å². The number of fused-ring (bicyclic) bond motifs is 9. The number of carboxylic acids is 4. The summed E-state index contributed by atoms with van der Waals surface area (Å²) in [6.07, 6.45) is 0. The minimum atomic E-state index is -1.63. The third-order valence-corrected chi connectivity index (χ3v) is 9.76. The summed E-state index contributed by atoms with van der Waals surface area (Å²) in [6.45, 7) is 0. The number of rotatable bonds is 8. The van der Waals surface area contributed by atoms with Gasteiger partial charge in [-0.15, -0.1) is 0 Å². The normalized spacial score (nSPS) is 12.6. The summed E-state index contributed by atoms with van der Waals surface area (Å²) in [7, 11) is 0. The van der Waals surface area contributed by atoms with Crippen LogP contribution in [0.5, 0.6) is 23.0 Å². The number of carbonyl (C=O) groups excluding carboxylic acids is 2. The molecule has 0 unspecified atom stereocenters. The fourth-order valence-corrected chi connectivity index (χ4v) is 7.59. The molecule has 0 saturated heterocycles. The van der Waals surface area contributed by atoms with Crippen molar-refractivity contribution in [3.63, 3.8) is 0 Å². The molecule has 274 valence electrons. The SMILES string of the molecule is O=C(O)c1cccc(C(=O)Oc2ccc3c(c2)Oc2cc(OC(=O)c4cccc(C(=O)O)c4C(=O)O)ccc2C32c3ccccc3-c3ccccc32)c1C(=O)O. The Morgan fingerprint density at radius 1 is 0.429 bits per heavy atom. The first-order valence-electron chi connectivity index (χ1n) is 16.7. The van der Waals surface area contributed by atoms with Crippen molar-refractivity contribution in [1.29, 1.82) is 0 Å². The van der Waals surface area contributed by atoms with E-state index in [1.807, 2.05) is 48.5 Å². The molecule has 0 aromatic heterocycles. The van der Waals surface area contributed by atoms with Crippen molar-refractivity contribution in [2.75, 3.05) is 0 Å². The van der Waals surface area contributed by atoms with Crippen LogP contribution in [0.1, 0.15) is 84.4 Å². The van der Waals surface area contributed by atoms with E-state index in [1.54, 1.807) is 12.1 Å². The molecular formula is C43H24O13. The molecule has 1 heterocycles. The summed E-state index contributed by atoms with van der Waals surface area (Å²) in [4.78, 5) is 74.4. The number of carbonyl (C=O) groups is 6. The topological polar surface area (TPSA) is 211 Å². The average molecular weight is 749 g/mol. The van der Waals surface area contributed by atoms with E-state index in [0.717, 1.165) is 46.5 Å². The van der Waals surface area contributed by atoms with Crippen LogP contribution in [-0.2, 0) is 5.41 Å². The van der Waals surface area contributed by atoms with Crippen molar-refractivity contribution in [1.82, 2.24) is 0 Å². The van der Waals surface area contributed by atoms with Crippen molar-refractivity contribution in [2.45, 2.75) is 5.41 Å². The maximum atomic E-state index is 13.4. The number of esters is 2. The second-order valence-corrected chi connectivity index (χ2v) is 12.7. The van der Waals surface area contributed by atoms with Gasteiger partial charge < -0.3 is 34.6 Å². The number of benzene rings is 6. The molecule has 0 saturated carbocycles. The van der Waals surface area contributed by atoms with Gasteiger partial charge in [0.25, 0.3) is 0 Å². The van der Waals surface area contributed by atoms with Gasteiger partial charge in [0.05, 0.1) is 38.8 Å². The number of carboxylic acid groups (broad SMARTS) is 4. The summed E-state index contributed by atoms with van der Waals surface area (Å²) < 4.78 is 17.7. The van der Waals surface area contributed by atoms with Crippen LogP contribution in [-0.4, -0.2) is 56.2 Å². The van der Waals surface area contributed by atoms with E-state index >= 15 is 0 Å². The van der Waals surface area contributed by atoms with Gasteiger partial charge in [-0.05, 0) is 58.7 Å². The third kappa shape index (κ3) is 5.33. The van der Waals surface area contributed by atoms with E-state index in [2.05, 4.69) is 0 Å². The zero-order valence-electron chi connectivity index (χ0n) is 28.5. The van der Waals surface area contributed by atoms with E-state index < -0.39 is 74.6 Å². The van der Waals surface area contributed by atoms with Crippen molar-refractivity contribution in [2.24, 2.45) is 0 Å². The largest absolute Gasteiger partial charge is 0.478 e. The highest BCUT2D eigenvalue weighted by Gasteiger charge is 2.51. The molecule has 13 nitrogen and oxygen atoms in total. The maximum absolute atomic E-state index is 13.4. The first-order valence-corrected chi connectivity index (χ1v) is 16.7. The van der Waals surface area contributed by atoms with Gasteiger partial charge in [0.15, 0.2) is 0 Å². The van der Waals surface area contributed by atoms with Gasteiger partial charge in [-0.3, -0.25) is 0 Å². The molecule has 6 aromatic carbocycles. The Kier molecular flexibility index (Phi) is 8.19. The second kappa shape index (κ2) is 13.1. The lowest BCUT2D eigenvalue weighted by Crippen LogP contribution is -2.32. The third-order valence-electron chi connectivity index (χ3n) is 9.76. The summed E-state index contributed by atoms with van der Waals surface area (Å²) in [6, 6.07) is 31.7. The van der Waals surface area contributed by atoms with Crippen LogP contribution in [0.2, 0.25) is 0 Å². The molecule has 0 atom stereocenters. The van der Waals surface area contributed by atoms with Gasteiger partial charge in [-0.1, -0.05) is 72.8 Å². The molecule has 1 aliphatic heterocycles. The molecule has 1 aliphatic carbocycles. The van der Waals surface area contributed by atoms with Crippen LogP contribution in [0.15, 0.2) is 121 Å². The molecule has 13 heteroatoms. The van der Waals surface area contributed by atoms with Crippen molar-refractivity contribution in [3.05, 3.63) is 177 Å². The Balaban J connectivity index is 1.25. The molecule has 8 rings (SSSR count). The first-order chi connectivity index (χ1) is 26.9. The fourth-order valence-electron chi connectivity index (χ4n) is 7.59. The Hall–Kier alpha value is -8.06. The predicted octanol–water partition coefficient (Wildman–Crippen LogP) is 7.39. The number of ether oxygens (including phenoxy) is 3. The van der Waals surface area contributed by atoms with E-state index in [4.69, 9.17) is 14.2 Å². The molecule has 0 bridgehead atoms. The summed E-state index contributed by atoms with van der Waals surface area (Å²) in [5.74, 6) is -8.32. The number of hydrogen-bond donors (Lipinski definition) is 4. The maximum Gasteiger partial charge on any atom is 0.344 e. The van der Waals surface area contributed by atoms with E-state index in [-0.39, 0.29) is 23.0 Å². The van der Waals surface area contributed by atoms with Crippen molar-refractivity contribution >= 4 is 35.8 Å². The lowest BCUT2D eigenvalue weighted by atomic mass is 9.66. The minimum absolute atomic E-state index is 0.0638. The number of aromatic carboxylic acids is 4. The first kappa shape index (κ1) is 35.0. The van der Waals surface area contributed by atoms with Gasteiger partial charge in [-0.25, -0.2) is 28.8 Å². The molecule has 6 aromatic rings. The van der Waals surface area contributed by atoms with Crippen LogP contribution in [0.25, 0.3) is 11.1 Å². The van der Waals surface area contributed by atoms with Gasteiger partial charge in [0.1, 0.15) is 23.0 Å². The van der Waals surface area contributed by atoms with Gasteiger partial charge in [0, 0.05) is 23.3 Å². The highest BCUT2D eigenvalue weighted by atomic mass is 16.5. The van der Waals surface area contributed by atoms with Crippen LogP contribution < -0.4 is 14.2 Å². The van der Waals surface area contributed by atoms with Gasteiger partial charge in [0.2, 0.25) is 0 Å². The van der Waals surface area contributed by atoms with E-state index in [9.17, 15) is 49.2 Å². The lowest BCUT2D eigenvalue weighted by Gasteiger charge is -2.39. The van der Waals surface area contributed by atoms with Gasteiger partial charge in [-0.2, -0.15) is 0 Å². The molecule has 2 aliphatic rings. The highest BCUT2D eigenvalue weighted by molar-refractivity contribution is 6.11. The Morgan fingerprint density at radius 2 is 0.821 bits per heavy atom. The molecule has 4 N–H and O–H groups in total. The van der Waals surface area contributed by atoms with Gasteiger partial charge >= 0.3 is 35.8 Å². The van der Waals surface area contributed by atoms with E-state index in [0.29, 0.717) is 11.1 Å². The van der Waals surface area contributed by atoms with E-state index in [1.165, 1.54) is 36.4 Å². The second-order valence-electron chi connectivity index (χ2n) is 12.7. The molecule has 0 fully saturated rings. The Morgan fingerprint density at radius 3 is 1.21 bits per heavy atom. The smallest absolute Gasteiger partial charge is 0.344 e. The van der Waals surface area contributed by atoms with Crippen LogP contribution in [0.3, 0.4) is 0 Å². The average Bonchev–Trinajstić information content (AvgIpc) is 3.47.